The smallest absolute Gasteiger partial charge is 0.310 e. The van der Waals surface area contributed by atoms with E-state index in [0.717, 1.165) is 0 Å². The van der Waals surface area contributed by atoms with Gasteiger partial charge in [-0.05, 0) is 25.0 Å². The van der Waals surface area contributed by atoms with Crippen LogP contribution in [0.15, 0.2) is 40.2 Å². The van der Waals surface area contributed by atoms with Crippen LogP contribution in [0.2, 0.25) is 0 Å². The van der Waals surface area contributed by atoms with Crippen molar-refractivity contribution in [1.82, 2.24) is 10.2 Å². The summed E-state index contributed by atoms with van der Waals surface area (Å²) < 4.78 is 29.6. The number of rotatable bonds is 6. The van der Waals surface area contributed by atoms with Crippen molar-refractivity contribution in [3.63, 3.8) is 0 Å². The summed E-state index contributed by atoms with van der Waals surface area (Å²) in [5.74, 6) is 0.309. The molecule has 2 atom stereocenters. The fraction of sp³-hybridized carbons (Fsp3) is 0.556. The summed E-state index contributed by atoms with van der Waals surface area (Å²) in [6.07, 6.45) is 0. The van der Waals surface area contributed by atoms with Crippen LogP contribution in [0.25, 0.3) is 0 Å². The van der Waals surface area contributed by atoms with Gasteiger partial charge in [-0.1, -0.05) is 25.1 Å². The average molecular weight is 381 g/mol. The summed E-state index contributed by atoms with van der Waals surface area (Å²) in [4.78, 5) is 18.6. The van der Waals surface area contributed by atoms with Crippen molar-refractivity contribution in [2.75, 3.05) is 39.0 Å². The molecule has 144 valence electrons. The van der Waals surface area contributed by atoms with E-state index < -0.39 is 9.84 Å². The number of nitrogens with one attached hydrogen (secondary N) is 1. The molecule has 8 heteroatoms. The molecule has 0 bridgehead atoms. The lowest BCUT2D eigenvalue weighted by molar-refractivity contribution is -0.145. The molecule has 2 rings (SSSR count). The van der Waals surface area contributed by atoms with Gasteiger partial charge in [-0.25, -0.2) is 8.42 Å². The molecule has 0 spiro atoms. The Morgan fingerprint density at radius 2 is 2.00 bits per heavy atom. The third kappa shape index (κ3) is 4.97. The molecule has 1 heterocycles. The van der Waals surface area contributed by atoms with Gasteiger partial charge in [-0.3, -0.25) is 9.79 Å². The largest absolute Gasteiger partial charge is 0.469 e. The summed E-state index contributed by atoms with van der Waals surface area (Å²) in [6, 6.07) is 8.38. The summed E-state index contributed by atoms with van der Waals surface area (Å²) >= 11 is 0. The summed E-state index contributed by atoms with van der Waals surface area (Å²) in [6.45, 7) is 5.98. The number of nitrogens with zero attached hydrogens (tertiary/aromatic N) is 2. The van der Waals surface area contributed by atoms with E-state index in [1.54, 1.807) is 30.3 Å². The molecule has 1 aliphatic rings. The van der Waals surface area contributed by atoms with Crippen LogP contribution in [-0.2, 0) is 19.4 Å². The molecule has 1 aromatic carbocycles. The van der Waals surface area contributed by atoms with Crippen molar-refractivity contribution in [3.8, 4) is 0 Å². The maximum atomic E-state index is 12.4. The summed E-state index contributed by atoms with van der Waals surface area (Å²) in [5, 5.41) is 3.18. The monoisotopic (exact) mass is 381 g/mol. The number of hydrogen-bond acceptors (Lipinski definition) is 5. The van der Waals surface area contributed by atoms with Gasteiger partial charge in [0.1, 0.15) is 0 Å². The van der Waals surface area contributed by atoms with Crippen molar-refractivity contribution in [2.24, 2.45) is 16.8 Å². The van der Waals surface area contributed by atoms with E-state index in [1.807, 2.05) is 18.7 Å². The zero-order valence-corrected chi connectivity index (χ0v) is 16.3. The van der Waals surface area contributed by atoms with E-state index in [-0.39, 0.29) is 30.1 Å². The molecule has 1 aromatic rings. The van der Waals surface area contributed by atoms with Gasteiger partial charge in [-0.15, -0.1) is 0 Å². The molecular formula is C18H27N3O4S. The Morgan fingerprint density at radius 3 is 2.62 bits per heavy atom. The molecular weight excluding hydrogens is 354 g/mol. The lowest BCUT2D eigenvalue weighted by Gasteiger charge is -2.21. The maximum Gasteiger partial charge on any atom is 0.310 e. The minimum absolute atomic E-state index is 0.0598. The van der Waals surface area contributed by atoms with Crippen LogP contribution in [-0.4, -0.2) is 64.3 Å². The Kier molecular flexibility index (Phi) is 7.02. The Bertz CT molecular complexity index is 734. The van der Waals surface area contributed by atoms with Crippen molar-refractivity contribution in [3.05, 3.63) is 30.3 Å². The van der Waals surface area contributed by atoms with E-state index in [2.05, 4.69) is 10.3 Å². The number of esters is 1. The Morgan fingerprint density at radius 1 is 1.31 bits per heavy atom. The Labute approximate surface area is 155 Å². The number of ether oxygens (including phenoxy) is 1. The van der Waals surface area contributed by atoms with E-state index in [9.17, 15) is 13.2 Å². The van der Waals surface area contributed by atoms with Gasteiger partial charge in [0.15, 0.2) is 15.8 Å². The van der Waals surface area contributed by atoms with E-state index in [0.29, 0.717) is 30.5 Å². The van der Waals surface area contributed by atoms with Gasteiger partial charge in [0.25, 0.3) is 0 Å². The summed E-state index contributed by atoms with van der Waals surface area (Å²) in [7, 11) is -1.97. The van der Waals surface area contributed by atoms with Crippen LogP contribution in [0, 0.1) is 11.8 Å². The van der Waals surface area contributed by atoms with Crippen molar-refractivity contribution >= 4 is 21.8 Å². The lowest BCUT2D eigenvalue weighted by Crippen LogP contribution is -2.41. The predicted molar refractivity (Wildman–Crippen MR) is 101 cm³/mol. The molecule has 1 fully saturated rings. The predicted octanol–water partition coefficient (Wildman–Crippen LogP) is 1.17. The third-order valence-electron chi connectivity index (χ3n) is 4.47. The average Bonchev–Trinajstić information content (AvgIpc) is 3.02. The number of hydrogen-bond donors (Lipinski definition) is 1. The van der Waals surface area contributed by atoms with Gasteiger partial charge in [0, 0.05) is 19.6 Å². The molecule has 0 saturated carbocycles. The van der Waals surface area contributed by atoms with E-state index >= 15 is 0 Å². The van der Waals surface area contributed by atoms with Crippen molar-refractivity contribution < 1.29 is 17.9 Å². The van der Waals surface area contributed by atoms with Crippen LogP contribution >= 0.6 is 0 Å². The number of carbonyl (C=O) groups is 1. The summed E-state index contributed by atoms with van der Waals surface area (Å²) in [5.41, 5.74) is 0. The molecule has 26 heavy (non-hydrogen) atoms. The zero-order chi connectivity index (χ0) is 19.2. The van der Waals surface area contributed by atoms with Crippen LogP contribution in [0.3, 0.4) is 0 Å². The van der Waals surface area contributed by atoms with E-state index in [1.165, 1.54) is 7.11 Å². The molecule has 0 aliphatic carbocycles. The van der Waals surface area contributed by atoms with Crippen molar-refractivity contribution in [2.45, 2.75) is 18.7 Å². The number of carbonyl (C=O) groups excluding carboxylic acids is 1. The Balaban J connectivity index is 2.04. The molecule has 1 N–H and O–H groups in total. The van der Waals surface area contributed by atoms with Crippen LogP contribution in [0.5, 0.6) is 0 Å². The van der Waals surface area contributed by atoms with Gasteiger partial charge >= 0.3 is 5.97 Å². The second-order valence-electron chi connectivity index (χ2n) is 6.38. The zero-order valence-electron chi connectivity index (χ0n) is 15.5. The SMILES string of the molecule is CCNC(=NCCS(=O)(=O)c1ccccc1)N1CC(C)C(C(=O)OC)C1. The minimum Gasteiger partial charge on any atom is -0.469 e. The van der Waals surface area contributed by atoms with Gasteiger partial charge in [-0.2, -0.15) is 0 Å². The minimum atomic E-state index is -3.36. The Hall–Kier alpha value is -2.09. The number of sulfone groups is 1. The molecule has 7 nitrogen and oxygen atoms in total. The quantitative estimate of drug-likeness (QED) is 0.452. The second-order valence-corrected chi connectivity index (χ2v) is 8.49. The highest BCUT2D eigenvalue weighted by molar-refractivity contribution is 7.91. The van der Waals surface area contributed by atoms with Gasteiger partial charge in [0.05, 0.1) is 30.2 Å². The fourth-order valence-corrected chi connectivity index (χ4v) is 4.18. The first-order chi connectivity index (χ1) is 12.4. The number of aliphatic imine (C=N–C) groups is 1. The molecule has 1 aliphatic heterocycles. The maximum absolute atomic E-state index is 12.4. The second kappa shape index (κ2) is 9.02. The fourth-order valence-electron chi connectivity index (χ4n) is 3.04. The lowest BCUT2D eigenvalue weighted by atomic mass is 9.99. The first-order valence-corrected chi connectivity index (χ1v) is 10.4. The topological polar surface area (TPSA) is 88.1 Å². The highest BCUT2D eigenvalue weighted by Crippen LogP contribution is 2.24. The third-order valence-corrected chi connectivity index (χ3v) is 6.19. The standard InChI is InChI=1S/C18H27N3O4S/c1-4-19-18(21-12-14(2)16(13-21)17(22)25-3)20-10-11-26(23,24)15-8-6-5-7-9-15/h5-9,14,16H,4,10-13H2,1-3H3,(H,19,20). The van der Waals surface area contributed by atoms with Crippen LogP contribution < -0.4 is 5.32 Å². The number of benzene rings is 1. The van der Waals surface area contributed by atoms with Gasteiger partial charge in [0.2, 0.25) is 0 Å². The molecule has 2 unspecified atom stereocenters. The first kappa shape index (κ1) is 20.2. The molecule has 1 saturated heterocycles. The number of likely N-dealkylation sites (tertiary alicyclic amines) is 1. The van der Waals surface area contributed by atoms with Crippen molar-refractivity contribution in [1.29, 1.82) is 0 Å². The number of methoxy groups -OCH3 is 1. The highest BCUT2D eigenvalue weighted by Gasteiger charge is 2.36. The van der Waals surface area contributed by atoms with Crippen LogP contribution in [0.4, 0.5) is 0 Å². The van der Waals surface area contributed by atoms with E-state index in [4.69, 9.17) is 4.74 Å². The molecule has 0 aromatic heterocycles. The highest BCUT2D eigenvalue weighted by atomic mass is 32.2. The van der Waals surface area contributed by atoms with Gasteiger partial charge < -0.3 is 15.0 Å². The molecule has 0 radical (unpaired) electrons. The first-order valence-electron chi connectivity index (χ1n) is 8.78. The number of guanidine groups is 1. The molecule has 0 amide bonds. The van der Waals surface area contributed by atoms with Crippen LogP contribution in [0.1, 0.15) is 13.8 Å². The normalized spacial score (nSPS) is 20.9.